The van der Waals surface area contributed by atoms with Gasteiger partial charge in [0.15, 0.2) is 21.7 Å². The number of hydrogen-bond donors (Lipinski definition) is 2. The quantitative estimate of drug-likeness (QED) is 0.427. The van der Waals surface area contributed by atoms with E-state index in [2.05, 4.69) is 10.6 Å². The van der Waals surface area contributed by atoms with Crippen LogP contribution in [-0.4, -0.2) is 73.2 Å². The van der Waals surface area contributed by atoms with Crippen molar-refractivity contribution in [2.45, 2.75) is 26.2 Å². The molecule has 8 nitrogen and oxygen atoms in total. The standard InChI is InChI=1S/C20H30N4O4S2/c1-4-28-18(25)9-11-22-20(30)24-13-5-12-23(24)19(29)21-10-8-15-6-7-16(26-2)17(14-15)27-3/h6-7,14H,4-5,8-13H2,1-3H3,(H,21,29)(H,22,30). The van der Waals surface area contributed by atoms with Crippen LogP contribution in [0.1, 0.15) is 25.3 Å². The van der Waals surface area contributed by atoms with Crippen molar-refractivity contribution in [1.82, 2.24) is 20.7 Å². The van der Waals surface area contributed by atoms with E-state index in [4.69, 9.17) is 38.6 Å². The summed E-state index contributed by atoms with van der Waals surface area (Å²) in [5.74, 6) is 1.18. The van der Waals surface area contributed by atoms with Crippen molar-refractivity contribution in [3.63, 3.8) is 0 Å². The first kappa shape index (κ1) is 23.9. The molecule has 0 aliphatic carbocycles. The van der Waals surface area contributed by atoms with Crippen LogP contribution >= 0.6 is 24.4 Å². The number of nitrogens with zero attached hydrogens (tertiary/aromatic N) is 2. The molecule has 1 saturated heterocycles. The fraction of sp³-hybridized carbons (Fsp3) is 0.550. The molecule has 1 aromatic carbocycles. The molecule has 166 valence electrons. The van der Waals surface area contributed by atoms with Gasteiger partial charge in [0.2, 0.25) is 0 Å². The molecule has 0 bridgehead atoms. The number of carbonyl (C=O) groups is 1. The third-order valence-corrected chi connectivity index (χ3v) is 5.26. The number of benzene rings is 1. The summed E-state index contributed by atoms with van der Waals surface area (Å²) in [7, 11) is 3.25. The normalized spacial score (nSPS) is 13.0. The average Bonchev–Trinajstić information content (AvgIpc) is 3.24. The van der Waals surface area contributed by atoms with Crippen LogP contribution < -0.4 is 20.1 Å². The van der Waals surface area contributed by atoms with Crippen molar-refractivity contribution in [2.24, 2.45) is 0 Å². The summed E-state index contributed by atoms with van der Waals surface area (Å²) in [6, 6.07) is 5.88. The van der Waals surface area contributed by atoms with E-state index in [0.29, 0.717) is 41.4 Å². The van der Waals surface area contributed by atoms with Gasteiger partial charge < -0.3 is 24.8 Å². The monoisotopic (exact) mass is 454 g/mol. The maximum atomic E-state index is 11.5. The highest BCUT2D eigenvalue weighted by Gasteiger charge is 2.26. The molecule has 0 unspecified atom stereocenters. The van der Waals surface area contributed by atoms with Gasteiger partial charge in [-0.1, -0.05) is 6.07 Å². The molecule has 2 rings (SSSR count). The van der Waals surface area contributed by atoms with Crippen LogP contribution in [0.15, 0.2) is 18.2 Å². The number of rotatable bonds is 9. The van der Waals surface area contributed by atoms with Crippen molar-refractivity contribution in [1.29, 1.82) is 0 Å². The van der Waals surface area contributed by atoms with Crippen LogP contribution in [-0.2, 0) is 16.0 Å². The number of thiocarbonyl (C=S) groups is 2. The van der Waals surface area contributed by atoms with Crippen LogP contribution in [0, 0.1) is 0 Å². The van der Waals surface area contributed by atoms with Crippen molar-refractivity contribution in [3.05, 3.63) is 23.8 Å². The molecule has 0 amide bonds. The van der Waals surface area contributed by atoms with Crippen LogP contribution in [0.5, 0.6) is 11.5 Å². The number of ether oxygens (including phenoxy) is 3. The van der Waals surface area contributed by atoms with Gasteiger partial charge in [0.1, 0.15) is 0 Å². The van der Waals surface area contributed by atoms with Crippen LogP contribution in [0.3, 0.4) is 0 Å². The third kappa shape index (κ3) is 6.88. The van der Waals surface area contributed by atoms with Gasteiger partial charge in [-0.2, -0.15) is 0 Å². The third-order valence-electron chi connectivity index (χ3n) is 4.55. The van der Waals surface area contributed by atoms with Crippen LogP contribution in [0.25, 0.3) is 0 Å². The van der Waals surface area contributed by atoms with Crippen molar-refractivity contribution < 1.29 is 19.0 Å². The Hall–Kier alpha value is -2.33. The largest absolute Gasteiger partial charge is 0.493 e. The number of hydrogen-bond acceptors (Lipinski definition) is 6. The molecule has 1 heterocycles. The van der Waals surface area contributed by atoms with Gasteiger partial charge in [-0.05, 0) is 61.9 Å². The zero-order chi connectivity index (χ0) is 21.9. The highest BCUT2D eigenvalue weighted by Crippen LogP contribution is 2.27. The number of nitrogens with one attached hydrogen (secondary N) is 2. The first-order chi connectivity index (χ1) is 14.5. The first-order valence-electron chi connectivity index (χ1n) is 9.97. The lowest BCUT2D eigenvalue weighted by Gasteiger charge is -2.32. The summed E-state index contributed by atoms with van der Waals surface area (Å²) in [6.45, 7) is 4.86. The second kappa shape index (κ2) is 12.4. The first-order valence-corrected chi connectivity index (χ1v) is 10.8. The number of methoxy groups -OCH3 is 2. The van der Waals surface area contributed by atoms with E-state index in [-0.39, 0.29) is 12.4 Å². The lowest BCUT2D eigenvalue weighted by molar-refractivity contribution is -0.142. The van der Waals surface area contributed by atoms with E-state index in [9.17, 15) is 4.79 Å². The van der Waals surface area contributed by atoms with E-state index in [1.807, 2.05) is 28.2 Å². The minimum absolute atomic E-state index is 0.238. The summed E-state index contributed by atoms with van der Waals surface area (Å²) >= 11 is 11.0. The summed E-state index contributed by atoms with van der Waals surface area (Å²) in [5, 5.41) is 11.5. The molecular formula is C20H30N4O4S2. The molecule has 0 radical (unpaired) electrons. The highest BCUT2D eigenvalue weighted by molar-refractivity contribution is 7.80. The van der Waals surface area contributed by atoms with Gasteiger partial charge >= 0.3 is 5.97 Å². The Kier molecular flexibility index (Phi) is 9.88. The molecule has 0 saturated carbocycles. The van der Waals surface area contributed by atoms with Gasteiger partial charge in [0.05, 0.1) is 27.2 Å². The Morgan fingerprint density at radius 1 is 1.03 bits per heavy atom. The lowest BCUT2D eigenvalue weighted by Crippen LogP contribution is -2.52. The minimum atomic E-state index is -0.238. The lowest BCUT2D eigenvalue weighted by atomic mass is 10.1. The van der Waals surface area contributed by atoms with Crippen molar-refractivity contribution in [2.75, 3.05) is 47.0 Å². The predicted molar refractivity (Wildman–Crippen MR) is 124 cm³/mol. The zero-order valence-electron chi connectivity index (χ0n) is 17.7. The van der Waals surface area contributed by atoms with Crippen molar-refractivity contribution in [3.8, 4) is 11.5 Å². The summed E-state index contributed by atoms with van der Waals surface area (Å²) in [4.78, 5) is 11.5. The van der Waals surface area contributed by atoms with E-state index in [1.54, 1.807) is 21.1 Å². The molecular weight excluding hydrogens is 424 g/mol. The van der Waals surface area contributed by atoms with Gasteiger partial charge in [-0.3, -0.25) is 14.8 Å². The van der Waals surface area contributed by atoms with E-state index < -0.39 is 0 Å². The molecule has 10 heteroatoms. The number of esters is 1. The van der Waals surface area contributed by atoms with Gasteiger partial charge in [-0.25, -0.2) is 0 Å². The number of hydrazine groups is 1. The fourth-order valence-corrected chi connectivity index (χ4v) is 3.65. The molecule has 2 N–H and O–H groups in total. The Bertz CT molecular complexity index is 748. The second-order valence-corrected chi connectivity index (χ2v) is 7.33. The topological polar surface area (TPSA) is 75.3 Å². The molecule has 0 aromatic heterocycles. The number of carbonyl (C=O) groups excluding carboxylic acids is 1. The Labute approximate surface area is 188 Å². The van der Waals surface area contributed by atoms with Gasteiger partial charge in [0, 0.05) is 26.2 Å². The van der Waals surface area contributed by atoms with Crippen LogP contribution in [0.2, 0.25) is 0 Å². The Balaban J connectivity index is 1.80. The summed E-state index contributed by atoms with van der Waals surface area (Å²) < 4.78 is 15.5. The second-order valence-electron chi connectivity index (χ2n) is 6.56. The molecule has 0 spiro atoms. The van der Waals surface area contributed by atoms with Gasteiger partial charge in [-0.15, -0.1) is 0 Å². The van der Waals surface area contributed by atoms with E-state index in [0.717, 1.165) is 31.5 Å². The highest BCUT2D eigenvalue weighted by atomic mass is 32.1. The van der Waals surface area contributed by atoms with Crippen molar-refractivity contribution >= 4 is 40.6 Å². The van der Waals surface area contributed by atoms with Crippen LogP contribution in [0.4, 0.5) is 0 Å². The zero-order valence-corrected chi connectivity index (χ0v) is 19.4. The summed E-state index contributed by atoms with van der Waals surface area (Å²) in [6.07, 6.45) is 2.02. The Morgan fingerprint density at radius 2 is 1.67 bits per heavy atom. The molecule has 0 atom stereocenters. The average molecular weight is 455 g/mol. The van der Waals surface area contributed by atoms with E-state index in [1.165, 1.54) is 0 Å². The Morgan fingerprint density at radius 3 is 2.27 bits per heavy atom. The fourth-order valence-electron chi connectivity index (χ4n) is 3.07. The molecule has 1 aromatic rings. The smallest absolute Gasteiger partial charge is 0.307 e. The maximum Gasteiger partial charge on any atom is 0.307 e. The predicted octanol–water partition coefficient (Wildman–Crippen LogP) is 1.87. The SMILES string of the molecule is CCOC(=O)CCNC(=S)N1CCCN1C(=S)NCCc1ccc(OC)c(OC)c1. The maximum absolute atomic E-state index is 11.5. The van der Waals surface area contributed by atoms with Gasteiger partial charge in [0.25, 0.3) is 0 Å². The molecule has 1 fully saturated rings. The summed E-state index contributed by atoms with van der Waals surface area (Å²) in [5.41, 5.74) is 1.12. The van der Waals surface area contributed by atoms with E-state index >= 15 is 0 Å². The molecule has 1 aliphatic rings. The minimum Gasteiger partial charge on any atom is -0.493 e. The molecule has 1 aliphatic heterocycles. The molecule has 30 heavy (non-hydrogen) atoms.